The molecule has 0 saturated carbocycles. The third kappa shape index (κ3) is 4.61. The Kier molecular flexibility index (Phi) is 4.69. The summed E-state index contributed by atoms with van der Waals surface area (Å²) in [6.45, 7) is -1.45. The summed E-state index contributed by atoms with van der Waals surface area (Å²) >= 11 is 5.79. The van der Waals surface area contributed by atoms with Gasteiger partial charge in [-0.05, 0) is 18.2 Å². The lowest BCUT2D eigenvalue weighted by Gasteiger charge is -2.05. The molecule has 5 nitrogen and oxygen atoms in total. The minimum absolute atomic E-state index is 0.114. The molecule has 2 rings (SSSR count). The van der Waals surface area contributed by atoms with Gasteiger partial charge in [-0.2, -0.15) is 18.2 Å². The fourth-order valence-electron chi connectivity index (χ4n) is 1.50. The van der Waals surface area contributed by atoms with Gasteiger partial charge in [0.1, 0.15) is 6.61 Å². The van der Waals surface area contributed by atoms with Crippen LogP contribution in [0.5, 0.6) is 0 Å². The topological polar surface area (TPSA) is 74.2 Å². The van der Waals surface area contributed by atoms with Crippen LogP contribution in [0, 0.1) is 0 Å². The van der Waals surface area contributed by atoms with E-state index in [9.17, 15) is 13.2 Å². The second-order valence-electron chi connectivity index (χ2n) is 4.17. The number of benzene rings is 1. The lowest BCUT2D eigenvalue weighted by atomic mass is 10.2. The molecule has 9 heteroatoms. The van der Waals surface area contributed by atoms with Gasteiger partial charge in [0.05, 0.1) is 17.3 Å². The summed E-state index contributed by atoms with van der Waals surface area (Å²) in [5, 5.41) is 4.06. The van der Waals surface area contributed by atoms with Crippen molar-refractivity contribution in [2.75, 3.05) is 18.9 Å². The van der Waals surface area contributed by atoms with Crippen molar-refractivity contribution in [1.82, 2.24) is 10.1 Å². The van der Waals surface area contributed by atoms with Crippen LogP contribution in [0.1, 0.15) is 5.82 Å². The van der Waals surface area contributed by atoms with E-state index in [1.54, 1.807) is 18.2 Å². The molecule has 1 aromatic heterocycles. The second-order valence-corrected chi connectivity index (χ2v) is 4.58. The molecule has 0 unspecified atom stereocenters. The molecule has 0 saturated heterocycles. The molecule has 0 fully saturated rings. The predicted molar refractivity (Wildman–Crippen MR) is 69.7 cm³/mol. The molecule has 1 aromatic carbocycles. The van der Waals surface area contributed by atoms with E-state index in [1.165, 1.54) is 0 Å². The Labute approximate surface area is 122 Å². The molecule has 0 amide bonds. The number of ether oxygens (including phenoxy) is 1. The highest BCUT2D eigenvalue weighted by Gasteiger charge is 2.27. The number of hydrogen-bond donors (Lipinski definition) is 1. The number of aromatic nitrogens is 2. The van der Waals surface area contributed by atoms with Crippen molar-refractivity contribution in [2.45, 2.75) is 12.6 Å². The van der Waals surface area contributed by atoms with Gasteiger partial charge in [0, 0.05) is 12.0 Å². The van der Waals surface area contributed by atoms with E-state index in [0.717, 1.165) is 0 Å². The first-order valence-corrected chi connectivity index (χ1v) is 6.25. The van der Waals surface area contributed by atoms with Crippen LogP contribution in [-0.2, 0) is 11.2 Å². The molecule has 0 bridgehead atoms. The first-order valence-electron chi connectivity index (χ1n) is 5.87. The standard InChI is InChI=1S/C12H11ClF3N3O2/c13-8-2-1-7(5-9(8)17)11-18-10(19-21-11)3-4-20-6-12(14,15)16/h1-2,5H,3-4,6,17H2. The first kappa shape index (κ1) is 15.6. The van der Waals surface area contributed by atoms with Crippen LogP contribution in [0.4, 0.5) is 18.9 Å². The Hall–Kier alpha value is -1.80. The van der Waals surface area contributed by atoms with Crippen LogP contribution >= 0.6 is 11.6 Å². The third-order valence-corrected chi connectivity index (χ3v) is 2.79. The van der Waals surface area contributed by atoms with Crippen molar-refractivity contribution in [2.24, 2.45) is 0 Å². The number of anilines is 1. The van der Waals surface area contributed by atoms with Crippen LogP contribution < -0.4 is 5.73 Å². The predicted octanol–water partition coefficient (Wildman–Crippen LogP) is 3.09. The summed E-state index contributed by atoms with van der Waals surface area (Å²) in [7, 11) is 0. The zero-order valence-corrected chi connectivity index (χ0v) is 11.4. The molecule has 0 aliphatic heterocycles. The number of nitrogens with zero attached hydrogens (tertiary/aromatic N) is 2. The van der Waals surface area contributed by atoms with Gasteiger partial charge in [0.25, 0.3) is 5.89 Å². The van der Waals surface area contributed by atoms with Gasteiger partial charge in [0.2, 0.25) is 0 Å². The van der Waals surface area contributed by atoms with Crippen molar-refractivity contribution in [1.29, 1.82) is 0 Å². The van der Waals surface area contributed by atoms with E-state index in [4.69, 9.17) is 21.9 Å². The van der Waals surface area contributed by atoms with Crippen molar-refractivity contribution >= 4 is 17.3 Å². The maximum atomic E-state index is 11.9. The molecular weight excluding hydrogens is 311 g/mol. The van der Waals surface area contributed by atoms with Gasteiger partial charge in [-0.15, -0.1) is 0 Å². The zero-order chi connectivity index (χ0) is 15.5. The Morgan fingerprint density at radius 2 is 2.10 bits per heavy atom. The lowest BCUT2D eigenvalue weighted by Crippen LogP contribution is -2.18. The Balaban J connectivity index is 1.93. The van der Waals surface area contributed by atoms with Gasteiger partial charge < -0.3 is 15.0 Å². The monoisotopic (exact) mass is 321 g/mol. The number of nitrogens with two attached hydrogens (primary N) is 1. The summed E-state index contributed by atoms with van der Waals surface area (Å²) < 4.78 is 45.1. The van der Waals surface area contributed by atoms with Crippen molar-refractivity contribution in [3.8, 4) is 11.5 Å². The van der Waals surface area contributed by atoms with E-state index in [0.29, 0.717) is 16.3 Å². The van der Waals surface area contributed by atoms with E-state index in [2.05, 4.69) is 14.9 Å². The van der Waals surface area contributed by atoms with Crippen molar-refractivity contribution in [3.05, 3.63) is 29.0 Å². The van der Waals surface area contributed by atoms with Crippen LogP contribution in [0.15, 0.2) is 22.7 Å². The molecule has 0 aliphatic carbocycles. The summed E-state index contributed by atoms with van der Waals surface area (Å²) in [6.07, 6.45) is -4.23. The third-order valence-electron chi connectivity index (χ3n) is 2.45. The molecular formula is C12H11ClF3N3O2. The SMILES string of the molecule is Nc1cc(-c2nc(CCOCC(F)(F)F)no2)ccc1Cl. The maximum absolute atomic E-state index is 11.9. The highest BCUT2D eigenvalue weighted by Crippen LogP contribution is 2.25. The smallest absolute Gasteiger partial charge is 0.398 e. The lowest BCUT2D eigenvalue weighted by molar-refractivity contribution is -0.173. The maximum Gasteiger partial charge on any atom is 0.411 e. The number of nitrogen functional groups attached to an aromatic ring is 1. The van der Waals surface area contributed by atoms with E-state index < -0.39 is 12.8 Å². The Bertz CT molecular complexity index is 616. The molecule has 0 aliphatic rings. The molecule has 2 N–H and O–H groups in total. The average Bonchev–Trinajstić information content (AvgIpc) is 2.86. The fraction of sp³-hybridized carbons (Fsp3) is 0.333. The quantitative estimate of drug-likeness (QED) is 0.676. The van der Waals surface area contributed by atoms with Crippen LogP contribution in [-0.4, -0.2) is 29.5 Å². The number of halogens is 4. The zero-order valence-electron chi connectivity index (χ0n) is 10.7. The summed E-state index contributed by atoms with van der Waals surface area (Å²) in [6, 6.07) is 4.80. The number of hydrogen-bond acceptors (Lipinski definition) is 5. The van der Waals surface area contributed by atoms with E-state index in [1.807, 2.05) is 0 Å². The molecule has 21 heavy (non-hydrogen) atoms. The minimum Gasteiger partial charge on any atom is -0.398 e. The van der Waals surface area contributed by atoms with Crippen molar-refractivity contribution in [3.63, 3.8) is 0 Å². The normalized spacial score (nSPS) is 11.8. The van der Waals surface area contributed by atoms with Gasteiger partial charge in [0.15, 0.2) is 5.82 Å². The molecule has 0 atom stereocenters. The second kappa shape index (κ2) is 6.31. The van der Waals surface area contributed by atoms with E-state index >= 15 is 0 Å². The first-order chi connectivity index (χ1) is 9.85. The van der Waals surface area contributed by atoms with Gasteiger partial charge in [-0.3, -0.25) is 0 Å². The molecule has 114 valence electrons. The molecule has 0 radical (unpaired) electrons. The highest BCUT2D eigenvalue weighted by molar-refractivity contribution is 6.33. The molecule has 2 aromatic rings. The van der Waals surface area contributed by atoms with Crippen molar-refractivity contribution < 1.29 is 22.4 Å². The van der Waals surface area contributed by atoms with E-state index in [-0.39, 0.29) is 24.7 Å². The van der Waals surface area contributed by atoms with Gasteiger partial charge in [-0.1, -0.05) is 16.8 Å². The summed E-state index contributed by atoms with van der Waals surface area (Å²) in [5.41, 5.74) is 6.59. The number of rotatable bonds is 5. The Morgan fingerprint density at radius 3 is 2.76 bits per heavy atom. The van der Waals surface area contributed by atoms with Crippen LogP contribution in [0.25, 0.3) is 11.5 Å². The largest absolute Gasteiger partial charge is 0.411 e. The van der Waals surface area contributed by atoms with Crippen LogP contribution in [0.2, 0.25) is 5.02 Å². The molecule has 0 spiro atoms. The highest BCUT2D eigenvalue weighted by atomic mass is 35.5. The van der Waals surface area contributed by atoms with Crippen LogP contribution in [0.3, 0.4) is 0 Å². The molecule has 1 heterocycles. The summed E-state index contributed by atoms with van der Waals surface area (Å²) in [4.78, 5) is 4.05. The van der Waals surface area contributed by atoms with Gasteiger partial charge in [-0.25, -0.2) is 0 Å². The fourth-order valence-corrected chi connectivity index (χ4v) is 1.62. The average molecular weight is 322 g/mol. The summed E-state index contributed by atoms with van der Waals surface area (Å²) in [5.74, 6) is 0.463. The minimum atomic E-state index is -4.34. The Morgan fingerprint density at radius 1 is 1.33 bits per heavy atom. The van der Waals surface area contributed by atoms with Gasteiger partial charge >= 0.3 is 6.18 Å². The number of alkyl halides is 3.